The predicted molar refractivity (Wildman–Crippen MR) is 65.0 cm³/mol. The highest BCUT2D eigenvalue weighted by molar-refractivity contribution is 5.38. The number of nitriles is 1. The summed E-state index contributed by atoms with van der Waals surface area (Å²) in [6.07, 6.45) is 5.26. The Bertz CT molecular complexity index is 365. The molecule has 3 heteroatoms. The second kappa shape index (κ2) is 8.35. The molecule has 0 saturated heterocycles. The fourth-order valence-electron chi connectivity index (χ4n) is 1.64. The van der Waals surface area contributed by atoms with Crippen molar-refractivity contribution < 1.29 is 9.53 Å². The van der Waals surface area contributed by atoms with Crippen molar-refractivity contribution in [1.82, 2.24) is 0 Å². The molecule has 0 atom stereocenters. The van der Waals surface area contributed by atoms with E-state index in [2.05, 4.69) is 10.8 Å². The van der Waals surface area contributed by atoms with E-state index in [1.807, 2.05) is 24.3 Å². The Morgan fingerprint density at radius 2 is 1.76 bits per heavy atom. The number of hydrogen-bond acceptors (Lipinski definition) is 3. The lowest BCUT2D eigenvalue weighted by atomic mass is 10.0. The van der Waals surface area contributed by atoms with Gasteiger partial charge < -0.3 is 4.74 Å². The molecule has 0 aliphatic heterocycles. The monoisotopic (exact) mass is 230 g/mol. The standard InChI is InChI=1S/C14H16NO2/c15-11-14-8-6-13(7-9-14)5-3-1-2-4-10-17-12-16/h6-9H,1-5,10H2. The zero-order valence-corrected chi connectivity index (χ0v) is 9.82. The molecule has 1 rings (SSSR count). The Morgan fingerprint density at radius 3 is 2.41 bits per heavy atom. The first-order valence-electron chi connectivity index (χ1n) is 5.85. The van der Waals surface area contributed by atoms with Gasteiger partial charge in [-0.3, -0.25) is 0 Å². The average Bonchev–Trinajstić information content (AvgIpc) is 2.38. The van der Waals surface area contributed by atoms with E-state index in [1.54, 1.807) is 0 Å². The second-order valence-electron chi connectivity index (χ2n) is 3.90. The quantitative estimate of drug-likeness (QED) is 0.645. The largest absolute Gasteiger partial charge is 0.457 e. The van der Waals surface area contributed by atoms with E-state index in [-0.39, 0.29) is 0 Å². The third kappa shape index (κ3) is 5.72. The van der Waals surface area contributed by atoms with Gasteiger partial charge in [-0.1, -0.05) is 25.0 Å². The lowest BCUT2D eigenvalue weighted by Gasteiger charge is -2.02. The third-order valence-corrected chi connectivity index (χ3v) is 2.60. The summed E-state index contributed by atoms with van der Waals surface area (Å²) in [5.74, 6) is 0. The van der Waals surface area contributed by atoms with Crippen molar-refractivity contribution in [3.63, 3.8) is 0 Å². The van der Waals surface area contributed by atoms with Gasteiger partial charge in [0.15, 0.2) is 0 Å². The molecule has 0 unspecified atom stereocenters. The van der Waals surface area contributed by atoms with Crippen LogP contribution >= 0.6 is 0 Å². The molecule has 0 aromatic heterocycles. The van der Waals surface area contributed by atoms with Crippen LogP contribution in [0, 0.1) is 11.3 Å². The average molecular weight is 230 g/mol. The van der Waals surface area contributed by atoms with Gasteiger partial charge in [0.25, 0.3) is 0 Å². The zero-order valence-electron chi connectivity index (χ0n) is 9.82. The molecular formula is C14H16NO2. The molecule has 0 bridgehead atoms. The van der Waals surface area contributed by atoms with Crippen LogP contribution in [0.5, 0.6) is 0 Å². The summed E-state index contributed by atoms with van der Waals surface area (Å²) in [6.45, 7) is 1.89. The molecule has 3 nitrogen and oxygen atoms in total. The van der Waals surface area contributed by atoms with Crippen LogP contribution < -0.4 is 0 Å². The molecule has 1 aromatic rings. The summed E-state index contributed by atoms with van der Waals surface area (Å²) in [5, 5.41) is 8.66. The summed E-state index contributed by atoms with van der Waals surface area (Å²) in [7, 11) is 0. The fourth-order valence-corrected chi connectivity index (χ4v) is 1.64. The van der Waals surface area contributed by atoms with Crippen molar-refractivity contribution in [1.29, 1.82) is 5.26 Å². The van der Waals surface area contributed by atoms with Crippen LogP contribution in [0.4, 0.5) is 0 Å². The van der Waals surface area contributed by atoms with E-state index in [1.165, 1.54) is 12.0 Å². The minimum Gasteiger partial charge on any atom is -0.457 e. The highest BCUT2D eigenvalue weighted by Gasteiger charge is 1.95. The number of ether oxygens (including phenoxy) is 1. The van der Waals surface area contributed by atoms with Gasteiger partial charge in [-0.15, -0.1) is 0 Å². The molecule has 0 aliphatic rings. The SMILES string of the molecule is N#Cc1ccc(CCCCCCO[C]=O)cc1. The van der Waals surface area contributed by atoms with Crippen LogP contribution in [0.25, 0.3) is 0 Å². The smallest absolute Gasteiger partial charge is 0.417 e. The van der Waals surface area contributed by atoms with Crippen LogP contribution in [0.15, 0.2) is 24.3 Å². The summed E-state index contributed by atoms with van der Waals surface area (Å²) in [6, 6.07) is 9.81. The van der Waals surface area contributed by atoms with E-state index < -0.39 is 0 Å². The number of carbonyl (C=O) groups excluding carboxylic acids is 1. The van der Waals surface area contributed by atoms with Crippen LogP contribution in [-0.4, -0.2) is 13.1 Å². The summed E-state index contributed by atoms with van der Waals surface area (Å²) >= 11 is 0. The molecule has 1 radical (unpaired) electrons. The lowest BCUT2D eigenvalue weighted by molar-refractivity contribution is 0.269. The Kier molecular flexibility index (Phi) is 6.50. The van der Waals surface area contributed by atoms with Crippen molar-refractivity contribution in [3.05, 3.63) is 35.4 Å². The number of aryl methyl sites for hydroxylation is 1. The van der Waals surface area contributed by atoms with Crippen molar-refractivity contribution in [2.45, 2.75) is 32.1 Å². The molecule has 0 amide bonds. The maximum Gasteiger partial charge on any atom is 0.417 e. The number of unbranched alkanes of at least 4 members (excludes halogenated alkanes) is 3. The second-order valence-corrected chi connectivity index (χ2v) is 3.90. The topological polar surface area (TPSA) is 50.1 Å². The van der Waals surface area contributed by atoms with E-state index in [9.17, 15) is 4.79 Å². The Morgan fingerprint density at radius 1 is 1.06 bits per heavy atom. The van der Waals surface area contributed by atoms with E-state index in [4.69, 9.17) is 5.26 Å². The van der Waals surface area contributed by atoms with Crippen LogP contribution in [0.3, 0.4) is 0 Å². The lowest BCUT2D eigenvalue weighted by Crippen LogP contribution is -1.92. The number of rotatable bonds is 8. The minimum absolute atomic E-state index is 0.473. The third-order valence-electron chi connectivity index (χ3n) is 2.60. The normalized spacial score (nSPS) is 9.59. The Labute approximate surface area is 102 Å². The molecule has 0 N–H and O–H groups in total. The van der Waals surface area contributed by atoms with Gasteiger partial charge in [-0.25, -0.2) is 4.79 Å². The van der Waals surface area contributed by atoms with Crippen molar-refractivity contribution in [2.75, 3.05) is 6.61 Å². The first kappa shape index (κ1) is 13.2. The van der Waals surface area contributed by atoms with Gasteiger partial charge in [0.05, 0.1) is 18.2 Å². The first-order chi connectivity index (χ1) is 8.36. The van der Waals surface area contributed by atoms with Crippen LogP contribution in [0.1, 0.15) is 36.8 Å². The van der Waals surface area contributed by atoms with Gasteiger partial charge in [-0.2, -0.15) is 5.26 Å². The molecule has 1 aromatic carbocycles. The number of hydrogen-bond donors (Lipinski definition) is 0. The molecule has 0 saturated carbocycles. The van der Waals surface area contributed by atoms with Crippen LogP contribution in [0.2, 0.25) is 0 Å². The molecule has 0 spiro atoms. The van der Waals surface area contributed by atoms with Gasteiger partial charge in [0, 0.05) is 0 Å². The molecule has 0 heterocycles. The van der Waals surface area contributed by atoms with Crippen molar-refractivity contribution in [3.8, 4) is 6.07 Å². The maximum absolute atomic E-state index is 9.76. The molecule has 0 fully saturated rings. The van der Waals surface area contributed by atoms with E-state index >= 15 is 0 Å². The Balaban J connectivity index is 2.09. The summed E-state index contributed by atoms with van der Waals surface area (Å²) in [5.41, 5.74) is 1.97. The van der Waals surface area contributed by atoms with Gasteiger partial charge >= 0.3 is 6.47 Å². The highest BCUT2D eigenvalue weighted by Crippen LogP contribution is 2.09. The number of nitrogens with zero attached hydrogens (tertiary/aromatic N) is 1. The van der Waals surface area contributed by atoms with Crippen molar-refractivity contribution in [2.24, 2.45) is 0 Å². The highest BCUT2D eigenvalue weighted by atomic mass is 16.5. The molecule has 89 valence electrons. The van der Waals surface area contributed by atoms with Crippen molar-refractivity contribution >= 4 is 6.47 Å². The predicted octanol–water partition coefficient (Wildman–Crippen LogP) is 2.74. The fraction of sp³-hybridized carbons (Fsp3) is 0.429. The first-order valence-corrected chi connectivity index (χ1v) is 5.85. The molecule has 17 heavy (non-hydrogen) atoms. The van der Waals surface area contributed by atoms with E-state index in [0.29, 0.717) is 12.2 Å². The van der Waals surface area contributed by atoms with Gasteiger partial charge in [0.2, 0.25) is 0 Å². The molecular weight excluding hydrogens is 214 g/mol. The van der Waals surface area contributed by atoms with Gasteiger partial charge in [0.1, 0.15) is 0 Å². The molecule has 0 aliphatic carbocycles. The maximum atomic E-state index is 9.76. The van der Waals surface area contributed by atoms with E-state index in [0.717, 1.165) is 32.1 Å². The number of benzene rings is 1. The summed E-state index contributed by atoms with van der Waals surface area (Å²) in [4.78, 5) is 9.76. The zero-order chi connectivity index (χ0) is 12.3. The summed E-state index contributed by atoms with van der Waals surface area (Å²) < 4.78 is 4.49. The Hall–Kier alpha value is -1.82. The minimum atomic E-state index is 0.473. The van der Waals surface area contributed by atoms with Crippen LogP contribution in [-0.2, 0) is 16.0 Å². The van der Waals surface area contributed by atoms with Gasteiger partial charge in [-0.05, 0) is 37.0 Å².